The minimum Gasteiger partial charge on any atom is -0.459 e. The fourth-order valence-corrected chi connectivity index (χ4v) is 3.84. The first kappa shape index (κ1) is 21.2. The van der Waals surface area contributed by atoms with E-state index in [9.17, 15) is 9.59 Å². The number of fused-ring (bicyclic) bond motifs is 1. The summed E-state index contributed by atoms with van der Waals surface area (Å²) in [7, 11) is 0. The van der Waals surface area contributed by atoms with Crippen molar-refractivity contribution in [2.24, 2.45) is 0 Å². The van der Waals surface area contributed by atoms with E-state index in [0.717, 1.165) is 28.1 Å². The lowest BCUT2D eigenvalue weighted by Crippen LogP contribution is -2.22. The SMILES string of the molecule is Cc1nc2cc(C(=O)NCc3ccc(NC(=O)c4ccco4)cc3)ccc2n1-c1ccccc1. The number of para-hydroxylation sites is 1. The Balaban J connectivity index is 1.25. The summed E-state index contributed by atoms with van der Waals surface area (Å²) in [6, 6.07) is 26.1. The second-order valence-corrected chi connectivity index (χ2v) is 7.84. The summed E-state index contributed by atoms with van der Waals surface area (Å²) in [5.41, 5.74) is 4.86. The van der Waals surface area contributed by atoms with Crippen LogP contribution in [0.2, 0.25) is 0 Å². The van der Waals surface area contributed by atoms with Gasteiger partial charge in [0, 0.05) is 23.5 Å². The van der Waals surface area contributed by atoms with E-state index in [1.165, 1.54) is 6.26 Å². The van der Waals surface area contributed by atoms with Crippen LogP contribution >= 0.6 is 0 Å². The van der Waals surface area contributed by atoms with Crippen molar-refractivity contribution in [1.82, 2.24) is 14.9 Å². The van der Waals surface area contributed by atoms with Crippen molar-refractivity contribution in [1.29, 1.82) is 0 Å². The van der Waals surface area contributed by atoms with Gasteiger partial charge in [0.25, 0.3) is 11.8 Å². The quantitative estimate of drug-likeness (QED) is 0.376. The number of amides is 2. The van der Waals surface area contributed by atoms with Crippen molar-refractivity contribution in [3.05, 3.63) is 114 Å². The molecule has 0 aliphatic rings. The molecule has 168 valence electrons. The second-order valence-electron chi connectivity index (χ2n) is 7.84. The van der Waals surface area contributed by atoms with Gasteiger partial charge in [-0.05, 0) is 67.1 Å². The Hall–Kier alpha value is -4.65. The fraction of sp³-hybridized carbons (Fsp3) is 0.0741. The molecule has 0 radical (unpaired) electrons. The molecule has 0 aliphatic carbocycles. The van der Waals surface area contributed by atoms with Gasteiger partial charge in [0.15, 0.2) is 5.76 Å². The lowest BCUT2D eigenvalue weighted by atomic mass is 10.1. The Morgan fingerprint density at radius 2 is 1.71 bits per heavy atom. The van der Waals surface area contributed by atoms with E-state index in [-0.39, 0.29) is 17.6 Å². The molecule has 2 heterocycles. The second kappa shape index (κ2) is 9.07. The van der Waals surface area contributed by atoms with Crippen LogP contribution in [0.1, 0.15) is 32.3 Å². The number of aromatic nitrogens is 2. The molecule has 34 heavy (non-hydrogen) atoms. The van der Waals surface area contributed by atoms with Crippen LogP contribution in [0.4, 0.5) is 5.69 Å². The Labute approximate surface area is 196 Å². The number of nitrogens with one attached hydrogen (secondary N) is 2. The predicted molar refractivity (Wildman–Crippen MR) is 130 cm³/mol. The lowest BCUT2D eigenvalue weighted by Gasteiger charge is -2.08. The maximum absolute atomic E-state index is 12.8. The molecule has 0 fully saturated rings. The van der Waals surface area contributed by atoms with Gasteiger partial charge in [-0.15, -0.1) is 0 Å². The maximum atomic E-state index is 12.8. The van der Waals surface area contributed by atoms with E-state index in [2.05, 4.69) is 20.2 Å². The van der Waals surface area contributed by atoms with Gasteiger partial charge in [-0.25, -0.2) is 4.98 Å². The number of benzene rings is 3. The molecule has 0 spiro atoms. The molecule has 2 aromatic heterocycles. The molecule has 0 aliphatic heterocycles. The van der Waals surface area contributed by atoms with Crippen molar-refractivity contribution in [3.8, 4) is 5.69 Å². The first-order valence-electron chi connectivity index (χ1n) is 10.8. The highest BCUT2D eigenvalue weighted by Crippen LogP contribution is 2.22. The molecular formula is C27H22N4O3. The molecule has 0 atom stereocenters. The van der Waals surface area contributed by atoms with E-state index in [1.807, 2.05) is 67.6 Å². The van der Waals surface area contributed by atoms with Gasteiger partial charge in [-0.2, -0.15) is 0 Å². The topological polar surface area (TPSA) is 89.2 Å². The van der Waals surface area contributed by atoms with Crippen LogP contribution in [0.15, 0.2) is 95.6 Å². The minimum absolute atomic E-state index is 0.177. The molecule has 0 saturated heterocycles. The maximum Gasteiger partial charge on any atom is 0.291 e. The highest BCUT2D eigenvalue weighted by molar-refractivity contribution is 6.02. The zero-order valence-corrected chi connectivity index (χ0v) is 18.5. The number of anilines is 1. The first-order chi connectivity index (χ1) is 16.6. The number of aryl methyl sites for hydroxylation is 1. The number of carbonyl (C=O) groups is 2. The summed E-state index contributed by atoms with van der Waals surface area (Å²) in [5.74, 6) is 0.616. The van der Waals surface area contributed by atoms with Gasteiger partial charge in [-0.1, -0.05) is 30.3 Å². The number of hydrogen-bond donors (Lipinski definition) is 2. The largest absolute Gasteiger partial charge is 0.459 e. The Morgan fingerprint density at radius 1 is 0.912 bits per heavy atom. The van der Waals surface area contributed by atoms with E-state index < -0.39 is 0 Å². The van der Waals surface area contributed by atoms with Crippen molar-refractivity contribution in [2.45, 2.75) is 13.5 Å². The number of imidazole rings is 1. The third kappa shape index (κ3) is 4.31. The van der Waals surface area contributed by atoms with Gasteiger partial charge >= 0.3 is 0 Å². The normalized spacial score (nSPS) is 10.9. The average molecular weight is 450 g/mol. The number of nitrogens with zero attached hydrogens (tertiary/aromatic N) is 2. The van der Waals surface area contributed by atoms with E-state index in [0.29, 0.717) is 17.8 Å². The Bertz CT molecular complexity index is 1450. The van der Waals surface area contributed by atoms with Crippen molar-refractivity contribution < 1.29 is 14.0 Å². The van der Waals surface area contributed by atoms with Crippen LogP contribution < -0.4 is 10.6 Å². The minimum atomic E-state index is -0.314. The number of rotatable bonds is 6. The number of hydrogen-bond acceptors (Lipinski definition) is 4. The highest BCUT2D eigenvalue weighted by atomic mass is 16.3. The van der Waals surface area contributed by atoms with Gasteiger partial charge in [0.05, 0.1) is 17.3 Å². The monoisotopic (exact) mass is 450 g/mol. The highest BCUT2D eigenvalue weighted by Gasteiger charge is 2.13. The zero-order chi connectivity index (χ0) is 23.5. The van der Waals surface area contributed by atoms with Crippen LogP contribution in [-0.2, 0) is 6.54 Å². The van der Waals surface area contributed by atoms with E-state index in [1.54, 1.807) is 24.3 Å². The zero-order valence-electron chi connectivity index (χ0n) is 18.5. The standard InChI is InChI=1S/C27H22N4O3/c1-18-29-23-16-20(11-14-24(23)31(18)22-6-3-2-4-7-22)26(32)28-17-19-9-12-21(13-10-19)30-27(33)25-8-5-15-34-25/h2-16H,17H2,1H3,(H,28,32)(H,30,33). The first-order valence-corrected chi connectivity index (χ1v) is 10.8. The molecule has 0 saturated carbocycles. The summed E-state index contributed by atoms with van der Waals surface area (Å²) in [4.78, 5) is 29.5. The van der Waals surface area contributed by atoms with Crippen LogP contribution in [0.3, 0.4) is 0 Å². The summed E-state index contributed by atoms with van der Waals surface area (Å²) >= 11 is 0. The van der Waals surface area contributed by atoms with Crippen molar-refractivity contribution in [3.63, 3.8) is 0 Å². The molecule has 7 heteroatoms. The average Bonchev–Trinajstić information content (AvgIpc) is 3.51. The summed E-state index contributed by atoms with van der Waals surface area (Å²) in [6.45, 7) is 2.31. The van der Waals surface area contributed by atoms with E-state index in [4.69, 9.17) is 4.42 Å². The van der Waals surface area contributed by atoms with Crippen molar-refractivity contribution in [2.75, 3.05) is 5.32 Å². The van der Waals surface area contributed by atoms with Crippen molar-refractivity contribution >= 4 is 28.5 Å². The van der Waals surface area contributed by atoms with Crippen LogP contribution in [0, 0.1) is 6.92 Å². The predicted octanol–water partition coefficient (Wildman–Crippen LogP) is 5.11. The molecule has 0 bridgehead atoms. The summed E-state index contributed by atoms with van der Waals surface area (Å²) in [6.07, 6.45) is 1.45. The van der Waals surface area contributed by atoms with Gasteiger partial charge in [-0.3, -0.25) is 14.2 Å². The molecule has 2 N–H and O–H groups in total. The van der Waals surface area contributed by atoms with E-state index >= 15 is 0 Å². The molecule has 5 rings (SSSR count). The molecular weight excluding hydrogens is 428 g/mol. The lowest BCUT2D eigenvalue weighted by molar-refractivity contribution is 0.0950. The third-order valence-electron chi connectivity index (χ3n) is 5.51. The fourth-order valence-electron chi connectivity index (χ4n) is 3.84. The molecule has 2 amide bonds. The number of carbonyl (C=O) groups excluding carboxylic acids is 2. The molecule has 0 unspecified atom stereocenters. The molecule has 3 aromatic carbocycles. The summed E-state index contributed by atoms with van der Waals surface area (Å²) in [5, 5.41) is 5.71. The van der Waals surface area contributed by atoms with Gasteiger partial charge in [0.1, 0.15) is 5.82 Å². The summed E-state index contributed by atoms with van der Waals surface area (Å²) < 4.78 is 7.16. The number of furan rings is 1. The third-order valence-corrected chi connectivity index (χ3v) is 5.51. The van der Waals surface area contributed by atoms with Crippen LogP contribution in [0.25, 0.3) is 16.7 Å². The molecule has 5 aromatic rings. The Kier molecular flexibility index (Phi) is 5.66. The Morgan fingerprint density at radius 3 is 2.44 bits per heavy atom. The molecule has 7 nitrogen and oxygen atoms in total. The van der Waals surface area contributed by atoms with Crippen LogP contribution in [-0.4, -0.2) is 21.4 Å². The van der Waals surface area contributed by atoms with Gasteiger partial charge < -0.3 is 15.1 Å². The van der Waals surface area contributed by atoms with Gasteiger partial charge in [0.2, 0.25) is 0 Å². The van der Waals surface area contributed by atoms with Crippen LogP contribution in [0.5, 0.6) is 0 Å². The smallest absolute Gasteiger partial charge is 0.291 e.